The van der Waals surface area contributed by atoms with E-state index in [1.807, 2.05) is 0 Å². The van der Waals surface area contributed by atoms with Gasteiger partial charge < -0.3 is 0 Å². The fourth-order valence-corrected chi connectivity index (χ4v) is 5.74. The molecule has 0 atom stereocenters. The lowest BCUT2D eigenvalue weighted by atomic mass is 9.66. The molecule has 0 bridgehead atoms. The van der Waals surface area contributed by atoms with Crippen molar-refractivity contribution in [3.8, 4) is 11.1 Å². The first-order valence-electron chi connectivity index (χ1n) is 13.2. The molecule has 178 valence electrons. The SMILES string of the molecule is CCC(C)(C)c1ccc2c(c1)C(c1ccccc1)(c1ccccc1)c1cc(C(C)(C)CC)ccc1-2. The van der Waals surface area contributed by atoms with E-state index in [-0.39, 0.29) is 16.2 Å². The van der Waals surface area contributed by atoms with Gasteiger partial charge in [-0.15, -0.1) is 0 Å². The van der Waals surface area contributed by atoms with Gasteiger partial charge in [0.2, 0.25) is 0 Å². The predicted octanol–water partition coefficient (Wildman–Crippen LogP) is 9.42. The number of benzene rings is 4. The lowest BCUT2D eigenvalue weighted by Crippen LogP contribution is -2.30. The molecule has 0 heteroatoms. The molecule has 0 amide bonds. The van der Waals surface area contributed by atoms with Crippen LogP contribution in [0.5, 0.6) is 0 Å². The summed E-state index contributed by atoms with van der Waals surface area (Å²) >= 11 is 0. The third-order valence-corrected chi connectivity index (χ3v) is 8.88. The second-order valence-electron chi connectivity index (χ2n) is 11.5. The van der Waals surface area contributed by atoms with Gasteiger partial charge in [0.1, 0.15) is 0 Å². The van der Waals surface area contributed by atoms with Crippen molar-refractivity contribution < 1.29 is 0 Å². The quantitative estimate of drug-likeness (QED) is 0.238. The van der Waals surface area contributed by atoms with Crippen LogP contribution in [0.25, 0.3) is 11.1 Å². The van der Waals surface area contributed by atoms with Gasteiger partial charge >= 0.3 is 0 Å². The van der Waals surface area contributed by atoms with E-state index in [2.05, 4.69) is 139 Å². The Morgan fingerprint density at radius 2 is 0.886 bits per heavy atom. The number of hydrogen-bond donors (Lipinski definition) is 0. The Morgan fingerprint density at radius 3 is 1.23 bits per heavy atom. The first-order chi connectivity index (χ1) is 16.8. The van der Waals surface area contributed by atoms with E-state index in [4.69, 9.17) is 0 Å². The van der Waals surface area contributed by atoms with Gasteiger partial charge in [-0.05, 0) is 68.2 Å². The highest BCUT2D eigenvalue weighted by molar-refractivity contribution is 5.87. The van der Waals surface area contributed by atoms with Gasteiger partial charge in [-0.25, -0.2) is 0 Å². The summed E-state index contributed by atoms with van der Waals surface area (Å²) < 4.78 is 0. The van der Waals surface area contributed by atoms with Crippen molar-refractivity contribution in [1.29, 1.82) is 0 Å². The summed E-state index contributed by atoms with van der Waals surface area (Å²) in [6, 6.07) is 36.8. The maximum atomic E-state index is 2.52. The summed E-state index contributed by atoms with van der Waals surface area (Å²) in [4.78, 5) is 0. The zero-order chi connectivity index (χ0) is 24.8. The minimum atomic E-state index is -0.340. The van der Waals surface area contributed by atoms with Crippen LogP contribution in [0.1, 0.15) is 87.8 Å². The van der Waals surface area contributed by atoms with E-state index in [1.54, 1.807) is 0 Å². The van der Waals surface area contributed by atoms with E-state index in [9.17, 15) is 0 Å². The van der Waals surface area contributed by atoms with Crippen LogP contribution in [0.3, 0.4) is 0 Å². The van der Waals surface area contributed by atoms with Crippen LogP contribution < -0.4 is 0 Å². The monoisotopic (exact) mass is 458 g/mol. The van der Waals surface area contributed by atoms with Crippen LogP contribution in [0.4, 0.5) is 0 Å². The molecule has 35 heavy (non-hydrogen) atoms. The van der Waals surface area contributed by atoms with E-state index in [0.717, 1.165) is 12.8 Å². The standard InChI is InChI=1S/C35H38/c1-7-33(3,4)27-19-21-29-30-22-20-28(34(5,6)8-2)24-32(30)35(31(29)23-27,25-15-11-9-12-16-25)26-17-13-10-14-18-26/h9-24H,7-8H2,1-6H3. The summed E-state index contributed by atoms with van der Waals surface area (Å²) in [5.41, 5.74) is 11.0. The summed E-state index contributed by atoms with van der Waals surface area (Å²) in [5, 5.41) is 0. The van der Waals surface area contributed by atoms with Gasteiger partial charge in [-0.1, -0.05) is 139 Å². The number of fused-ring (bicyclic) bond motifs is 3. The molecule has 0 aliphatic heterocycles. The highest BCUT2D eigenvalue weighted by Crippen LogP contribution is 2.57. The molecular formula is C35H38. The van der Waals surface area contributed by atoms with Gasteiger partial charge in [0.05, 0.1) is 5.41 Å². The van der Waals surface area contributed by atoms with Crippen LogP contribution in [-0.2, 0) is 16.2 Å². The normalized spacial score (nSPS) is 14.5. The van der Waals surface area contributed by atoms with Crippen molar-refractivity contribution >= 4 is 0 Å². The first-order valence-corrected chi connectivity index (χ1v) is 13.2. The van der Waals surface area contributed by atoms with Crippen molar-refractivity contribution in [1.82, 2.24) is 0 Å². The molecule has 0 N–H and O–H groups in total. The number of hydrogen-bond acceptors (Lipinski definition) is 0. The molecule has 4 aromatic carbocycles. The molecule has 0 saturated heterocycles. The van der Waals surface area contributed by atoms with Crippen LogP contribution >= 0.6 is 0 Å². The summed E-state index contributed by atoms with van der Waals surface area (Å²) in [7, 11) is 0. The molecule has 0 nitrogen and oxygen atoms in total. The molecule has 0 unspecified atom stereocenters. The van der Waals surface area contributed by atoms with Crippen LogP contribution in [-0.4, -0.2) is 0 Å². The molecule has 0 heterocycles. The van der Waals surface area contributed by atoms with Gasteiger partial charge in [0, 0.05) is 0 Å². The second-order valence-corrected chi connectivity index (χ2v) is 11.5. The smallest absolute Gasteiger partial charge is 0.0646 e. The van der Waals surface area contributed by atoms with Crippen molar-refractivity contribution in [2.75, 3.05) is 0 Å². The molecule has 0 spiro atoms. The Labute approximate surface area is 212 Å². The van der Waals surface area contributed by atoms with Crippen molar-refractivity contribution in [3.63, 3.8) is 0 Å². The van der Waals surface area contributed by atoms with Crippen molar-refractivity contribution in [3.05, 3.63) is 130 Å². The zero-order valence-electron chi connectivity index (χ0n) is 22.2. The highest BCUT2D eigenvalue weighted by Gasteiger charge is 2.47. The minimum absolute atomic E-state index is 0.123. The maximum Gasteiger partial charge on any atom is 0.0713 e. The fourth-order valence-electron chi connectivity index (χ4n) is 5.74. The summed E-state index contributed by atoms with van der Waals surface area (Å²) in [6.45, 7) is 14.1. The van der Waals surface area contributed by atoms with Crippen molar-refractivity contribution in [2.45, 2.75) is 70.6 Å². The molecular weight excluding hydrogens is 420 g/mol. The average Bonchev–Trinajstić information content (AvgIpc) is 3.19. The topological polar surface area (TPSA) is 0 Å². The predicted molar refractivity (Wildman–Crippen MR) is 150 cm³/mol. The third-order valence-electron chi connectivity index (χ3n) is 8.88. The van der Waals surface area contributed by atoms with Crippen molar-refractivity contribution in [2.24, 2.45) is 0 Å². The molecule has 1 aliphatic rings. The van der Waals surface area contributed by atoms with Gasteiger partial charge in [0.25, 0.3) is 0 Å². The van der Waals surface area contributed by atoms with Gasteiger partial charge in [-0.2, -0.15) is 0 Å². The van der Waals surface area contributed by atoms with Gasteiger partial charge in [0.15, 0.2) is 0 Å². The molecule has 0 fully saturated rings. The molecule has 4 aromatic rings. The first kappa shape index (κ1) is 23.6. The molecule has 0 saturated carbocycles. The summed E-state index contributed by atoms with van der Waals surface area (Å²) in [6.07, 6.45) is 2.22. The fraction of sp³-hybridized carbons (Fsp3) is 0.314. The highest BCUT2D eigenvalue weighted by atomic mass is 14.5. The Morgan fingerprint density at radius 1 is 0.514 bits per heavy atom. The van der Waals surface area contributed by atoms with Gasteiger partial charge in [-0.3, -0.25) is 0 Å². The Balaban J connectivity index is 1.94. The molecule has 0 aromatic heterocycles. The Hall–Kier alpha value is -3.12. The lowest BCUT2D eigenvalue weighted by Gasteiger charge is -2.36. The largest absolute Gasteiger partial charge is 0.0713 e. The summed E-state index contributed by atoms with van der Waals surface area (Å²) in [5.74, 6) is 0. The van der Waals surface area contributed by atoms with Crippen LogP contribution in [0, 0.1) is 0 Å². The zero-order valence-corrected chi connectivity index (χ0v) is 22.2. The Bertz CT molecular complexity index is 1230. The second kappa shape index (κ2) is 8.52. The average molecular weight is 459 g/mol. The van der Waals surface area contributed by atoms with E-state index < -0.39 is 0 Å². The minimum Gasteiger partial charge on any atom is -0.0646 e. The molecule has 0 radical (unpaired) electrons. The Kier molecular flexibility index (Phi) is 5.75. The molecule has 1 aliphatic carbocycles. The van der Waals surface area contributed by atoms with E-state index in [1.165, 1.54) is 44.5 Å². The maximum absolute atomic E-state index is 2.52. The third kappa shape index (κ3) is 3.57. The van der Waals surface area contributed by atoms with Crippen LogP contribution in [0.15, 0.2) is 97.1 Å². The van der Waals surface area contributed by atoms with E-state index >= 15 is 0 Å². The lowest BCUT2D eigenvalue weighted by molar-refractivity contribution is 0.504. The van der Waals surface area contributed by atoms with E-state index in [0.29, 0.717) is 0 Å². The number of rotatable bonds is 6. The van der Waals surface area contributed by atoms with Crippen LogP contribution in [0.2, 0.25) is 0 Å². The molecule has 5 rings (SSSR count).